The summed E-state index contributed by atoms with van der Waals surface area (Å²) in [5.74, 6) is -0.412. The summed E-state index contributed by atoms with van der Waals surface area (Å²) in [4.78, 5) is 43.0. The summed E-state index contributed by atoms with van der Waals surface area (Å²) in [5.41, 5.74) is 1.21. The fourth-order valence-electron chi connectivity index (χ4n) is 3.65. The Morgan fingerprint density at radius 3 is 2.48 bits per heavy atom. The van der Waals surface area contributed by atoms with Crippen molar-refractivity contribution in [3.63, 3.8) is 0 Å². The number of thiophene rings is 1. The number of nitrogens with zero attached hydrogens (tertiary/aromatic N) is 1. The lowest BCUT2D eigenvalue weighted by atomic mass is 10.0. The number of rotatable bonds is 6. The first-order valence-corrected chi connectivity index (χ1v) is 11.1. The Labute approximate surface area is 184 Å². The molecule has 31 heavy (non-hydrogen) atoms. The summed E-state index contributed by atoms with van der Waals surface area (Å²) in [6, 6.07) is 16.5. The third-order valence-corrected chi connectivity index (χ3v) is 6.19. The minimum Gasteiger partial charge on any atom is -0.349 e. The number of benzene rings is 1. The predicted molar refractivity (Wildman–Crippen MR) is 122 cm³/mol. The molecule has 1 saturated heterocycles. The summed E-state index contributed by atoms with van der Waals surface area (Å²) >= 11 is 1.53. The number of amides is 2. The van der Waals surface area contributed by atoms with E-state index < -0.39 is 5.56 Å². The van der Waals surface area contributed by atoms with E-state index in [2.05, 4.69) is 20.5 Å². The van der Waals surface area contributed by atoms with Crippen molar-refractivity contribution in [1.29, 1.82) is 0 Å². The molecule has 160 valence electrons. The lowest BCUT2D eigenvalue weighted by Gasteiger charge is -2.31. The van der Waals surface area contributed by atoms with Gasteiger partial charge in [-0.2, -0.15) is 0 Å². The van der Waals surface area contributed by atoms with Gasteiger partial charge in [-0.25, -0.2) is 0 Å². The summed E-state index contributed by atoms with van der Waals surface area (Å²) in [7, 11) is 0. The molecule has 4 rings (SSSR count). The van der Waals surface area contributed by atoms with Gasteiger partial charge in [0.05, 0.1) is 17.1 Å². The molecule has 0 atom stereocenters. The van der Waals surface area contributed by atoms with E-state index in [1.807, 2.05) is 47.8 Å². The molecule has 8 heteroatoms. The maximum Gasteiger partial charge on any atom is 0.261 e. The zero-order chi connectivity index (χ0) is 21.6. The van der Waals surface area contributed by atoms with Gasteiger partial charge in [0.25, 0.3) is 11.5 Å². The van der Waals surface area contributed by atoms with E-state index in [1.165, 1.54) is 11.3 Å². The number of carbonyl (C=O) groups excluding carboxylic acids is 2. The lowest BCUT2D eigenvalue weighted by Crippen LogP contribution is -2.47. The zero-order valence-corrected chi connectivity index (χ0v) is 17.8. The van der Waals surface area contributed by atoms with Gasteiger partial charge in [-0.3, -0.25) is 19.3 Å². The van der Waals surface area contributed by atoms with Crippen LogP contribution in [-0.4, -0.2) is 47.4 Å². The van der Waals surface area contributed by atoms with Crippen LogP contribution in [0.5, 0.6) is 0 Å². The molecule has 1 aliphatic rings. The number of hydrogen-bond donors (Lipinski definition) is 3. The molecule has 1 aromatic carbocycles. The second-order valence-corrected chi connectivity index (χ2v) is 8.48. The molecular weight excluding hydrogens is 412 g/mol. The van der Waals surface area contributed by atoms with Crippen LogP contribution in [0.15, 0.2) is 64.8 Å². The Morgan fingerprint density at radius 1 is 1.03 bits per heavy atom. The van der Waals surface area contributed by atoms with Crippen LogP contribution in [0.25, 0.3) is 10.6 Å². The molecule has 0 saturated carbocycles. The normalized spacial score (nSPS) is 14.8. The molecule has 0 bridgehead atoms. The summed E-state index contributed by atoms with van der Waals surface area (Å²) in [6.45, 7) is 1.74. The highest BCUT2D eigenvalue weighted by atomic mass is 32.1. The van der Waals surface area contributed by atoms with E-state index in [0.717, 1.165) is 23.4 Å². The van der Waals surface area contributed by atoms with Gasteiger partial charge >= 0.3 is 0 Å². The van der Waals surface area contributed by atoms with Crippen LogP contribution in [0, 0.1) is 0 Å². The van der Waals surface area contributed by atoms with Gasteiger partial charge in [0.2, 0.25) is 5.91 Å². The fourth-order valence-corrected chi connectivity index (χ4v) is 4.36. The van der Waals surface area contributed by atoms with Crippen LogP contribution in [0.2, 0.25) is 0 Å². The number of piperidine rings is 1. The van der Waals surface area contributed by atoms with Crippen LogP contribution in [0.4, 0.5) is 5.69 Å². The second-order valence-electron chi connectivity index (χ2n) is 7.53. The number of para-hydroxylation sites is 1. The third-order valence-electron chi connectivity index (χ3n) is 5.29. The van der Waals surface area contributed by atoms with E-state index >= 15 is 0 Å². The molecule has 0 aliphatic carbocycles. The van der Waals surface area contributed by atoms with E-state index in [9.17, 15) is 14.4 Å². The van der Waals surface area contributed by atoms with Crippen molar-refractivity contribution in [2.75, 3.05) is 25.0 Å². The van der Waals surface area contributed by atoms with Gasteiger partial charge < -0.3 is 15.6 Å². The van der Waals surface area contributed by atoms with Crippen molar-refractivity contribution in [3.05, 3.63) is 75.9 Å². The Morgan fingerprint density at radius 2 is 1.81 bits per heavy atom. The van der Waals surface area contributed by atoms with E-state index in [-0.39, 0.29) is 23.4 Å². The van der Waals surface area contributed by atoms with Crippen molar-refractivity contribution in [3.8, 4) is 10.6 Å². The van der Waals surface area contributed by atoms with Gasteiger partial charge in [0, 0.05) is 24.8 Å². The highest BCUT2D eigenvalue weighted by molar-refractivity contribution is 7.13. The quantitative estimate of drug-likeness (QED) is 0.554. The molecule has 1 aliphatic heterocycles. The molecule has 0 unspecified atom stereocenters. The van der Waals surface area contributed by atoms with Crippen LogP contribution in [0.3, 0.4) is 0 Å². The second kappa shape index (κ2) is 9.72. The first kappa shape index (κ1) is 21.0. The van der Waals surface area contributed by atoms with Gasteiger partial charge in [0.1, 0.15) is 5.56 Å². The molecular formula is C23H24N4O3S. The molecule has 2 aromatic heterocycles. The molecule has 2 amide bonds. The molecule has 7 nitrogen and oxygen atoms in total. The number of hydrogen-bond acceptors (Lipinski definition) is 5. The van der Waals surface area contributed by atoms with Crippen LogP contribution >= 0.6 is 11.3 Å². The van der Waals surface area contributed by atoms with Crippen molar-refractivity contribution >= 4 is 28.8 Å². The molecule has 0 radical (unpaired) electrons. The maximum atomic E-state index is 12.6. The minimum absolute atomic E-state index is 0.0164. The topological polar surface area (TPSA) is 94.3 Å². The number of nitrogens with one attached hydrogen (secondary N) is 3. The molecule has 1 fully saturated rings. The molecule has 0 spiro atoms. The van der Waals surface area contributed by atoms with Gasteiger partial charge in [-0.15, -0.1) is 11.3 Å². The van der Waals surface area contributed by atoms with E-state index in [4.69, 9.17) is 0 Å². The van der Waals surface area contributed by atoms with Crippen molar-refractivity contribution in [2.45, 2.75) is 18.9 Å². The number of likely N-dealkylation sites (tertiary alicyclic amines) is 1. The van der Waals surface area contributed by atoms with Gasteiger partial charge in [-0.05, 0) is 48.6 Å². The number of anilines is 1. The summed E-state index contributed by atoms with van der Waals surface area (Å²) in [6.07, 6.45) is 1.46. The summed E-state index contributed by atoms with van der Waals surface area (Å²) in [5, 5.41) is 7.78. The van der Waals surface area contributed by atoms with Crippen LogP contribution < -0.4 is 16.2 Å². The molecule has 3 N–H and O–H groups in total. The standard InChI is InChI=1S/C23H24N4O3S/c28-21(24-16-5-2-1-3-6-16)15-27-12-10-17(11-13-27)25-22(29)18-8-9-19(26-23(18)30)20-7-4-14-31-20/h1-9,14,17H,10-13,15H2,(H,24,28)(H,25,29)(H,26,30). The monoisotopic (exact) mass is 436 g/mol. The van der Waals surface area contributed by atoms with Crippen molar-refractivity contribution < 1.29 is 9.59 Å². The minimum atomic E-state index is -0.390. The Balaban J connectivity index is 1.26. The smallest absolute Gasteiger partial charge is 0.261 e. The SMILES string of the molecule is O=C(CN1CCC(NC(=O)c2ccc(-c3cccs3)[nH]c2=O)CC1)Nc1ccccc1. The van der Waals surface area contributed by atoms with Crippen LogP contribution in [-0.2, 0) is 4.79 Å². The van der Waals surface area contributed by atoms with Gasteiger partial charge in [-0.1, -0.05) is 24.3 Å². The van der Waals surface area contributed by atoms with E-state index in [0.29, 0.717) is 25.3 Å². The average molecular weight is 437 g/mol. The number of aromatic nitrogens is 1. The van der Waals surface area contributed by atoms with Crippen molar-refractivity contribution in [1.82, 2.24) is 15.2 Å². The van der Waals surface area contributed by atoms with Crippen molar-refractivity contribution in [2.24, 2.45) is 0 Å². The Kier molecular flexibility index (Phi) is 6.59. The Bertz CT molecular complexity index is 1090. The average Bonchev–Trinajstić information content (AvgIpc) is 3.30. The number of H-pyrrole nitrogens is 1. The number of pyridine rings is 1. The highest BCUT2D eigenvalue weighted by Crippen LogP contribution is 2.21. The van der Waals surface area contributed by atoms with E-state index in [1.54, 1.807) is 12.1 Å². The summed E-state index contributed by atoms with van der Waals surface area (Å²) < 4.78 is 0. The lowest BCUT2D eigenvalue weighted by molar-refractivity contribution is -0.117. The number of carbonyl (C=O) groups is 2. The third kappa shape index (κ3) is 5.48. The van der Waals surface area contributed by atoms with Gasteiger partial charge in [0.15, 0.2) is 0 Å². The predicted octanol–water partition coefficient (Wildman–Crippen LogP) is 2.94. The zero-order valence-electron chi connectivity index (χ0n) is 17.0. The first-order valence-electron chi connectivity index (χ1n) is 10.2. The largest absolute Gasteiger partial charge is 0.349 e. The highest BCUT2D eigenvalue weighted by Gasteiger charge is 2.23. The fraction of sp³-hybridized carbons (Fsp3) is 0.261. The first-order chi connectivity index (χ1) is 15.1. The molecule has 3 heterocycles. The van der Waals surface area contributed by atoms with Crippen LogP contribution in [0.1, 0.15) is 23.2 Å². The molecule has 3 aromatic rings. The number of aromatic amines is 1. The Hall–Kier alpha value is -3.23. The maximum absolute atomic E-state index is 12.6.